The maximum absolute atomic E-state index is 5.99. The van der Waals surface area contributed by atoms with Gasteiger partial charge in [-0.3, -0.25) is 4.98 Å². The summed E-state index contributed by atoms with van der Waals surface area (Å²) >= 11 is 0. The Morgan fingerprint density at radius 2 is 1.02 bits per heavy atom. The average Bonchev–Trinajstić information content (AvgIpc) is 3.10. The Morgan fingerprint density at radius 3 is 1.70 bits per heavy atom. The lowest BCUT2D eigenvalue weighted by molar-refractivity contribution is 1.31. The SMILES string of the molecule is N/C=C(\N)c1ccc2ccc(-c3ccc4ccc(-c5ccc(-c6ccc7ccc8cccnc8c7n6)cc5)nc4c3)cc2n1. The summed E-state index contributed by atoms with van der Waals surface area (Å²) < 4.78 is 0. The third-order valence-electron chi connectivity index (χ3n) is 8.10. The molecule has 6 nitrogen and oxygen atoms in total. The first kappa shape index (κ1) is 25.6. The monoisotopic (exact) mass is 566 g/mol. The summed E-state index contributed by atoms with van der Waals surface area (Å²) in [5.41, 5.74) is 22.4. The molecule has 8 rings (SSSR count). The van der Waals surface area contributed by atoms with Crippen molar-refractivity contribution in [2.24, 2.45) is 11.5 Å². The third kappa shape index (κ3) is 4.46. The second-order valence-corrected chi connectivity index (χ2v) is 10.8. The summed E-state index contributed by atoms with van der Waals surface area (Å²) in [6.45, 7) is 0. The van der Waals surface area contributed by atoms with Gasteiger partial charge in [-0.25, -0.2) is 15.0 Å². The van der Waals surface area contributed by atoms with Gasteiger partial charge in [-0.2, -0.15) is 0 Å². The molecule has 8 aromatic rings. The van der Waals surface area contributed by atoms with Crippen molar-refractivity contribution in [2.45, 2.75) is 0 Å². The van der Waals surface area contributed by atoms with E-state index < -0.39 is 0 Å². The Labute approximate surface area is 253 Å². The number of rotatable bonds is 4. The van der Waals surface area contributed by atoms with E-state index in [0.29, 0.717) is 11.4 Å². The molecule has 4 aromatic heterocycles. The largest absolute Gasteiger partial charge is 0.403 e. The molecule has 44 heavy (non-hydrogen) atoms. The Bertz CT molecular complexity index is 2410. The van der Waals surface area contributed by atoms with E-state index in [2.05, 4.69) is 108 Å². The molecule has 4 heterocycles. The molecule has 0 bridgehead atoms. The molecule has 0 atom stereocenters. The highest BCUT2D eigenvalue weighted by molar-refractivity contribution is 6.03. The van der Waals surface area contributed by atoms with Crippen LogP contribution in [-0.4, -0.2) is 19.9 Å². The topological polar surface area (TPSA) is 104 Å². The summed E-state index contributed by atoms with van der Waals surface area (Å²) in [5.74, 6) is 0. The molecule has 6 heteroatoms. The van der Waals surface area contributed by atoms with Crippen LogP contribution in [0.5, 0.6) is 0 Å². The molecule has 0 unspecified atom stereocenters. The molecular formula is C38H26N6. The van der Waals surface area contributed by atoms with Gasteiger partial charge < -0.3 is 11.5 Å². The van der Waals surface area contributed by atoms with Gasteiger partial charge >= 0.3 is 0 Å². The minimum absolute atomic E-state index is 0.451. The Balaban J connectivity index is 1.12. The van der Waals surface area contributed by atoms with E-state index >= 15 is 0 Å². The van der Waals surface area contributed by atoms with Gasteiger partial charge in [0, 0.05) is 45.1 Å². The van der Waals surface area contributed by atoms with E-state index in [1.165, 1.54) is 6.20 Å². The molecule has 208 valence electrons. The number of benzene rings is 4. The molecular weight excluding hydrogens is 540 g/mol. The number of hydrogen-bond donors (Lipinski definition) is 2. The van der Waals surface area contributed by atoms with Crippen molar-refractivity contribution in [1.29, 1.82) is 0 Å². The minimum Gasteiger partial charge on any atom is -0.403 e. The predicted octanol–water partition coefficient (Wildman–Crippen LogP) is 8.10. The summed E-state index contributed by atoms with van der Waals surface area (Å²) in [7, 11) is 0. The fourth-order valence-electron chi connectivity index (χ4n) is 5.70. The van der Waals surface area contributed by atoms with E-state index in [1.54, 1.807) is 0 Å². The van der Waals surface area contributed by atoms with Gasteiger partial charge in [0.1, 0.15) is 0 Å². The number of aromatic nitrogens is 4. The molecule has 0 aliphatic rings. The van der Waals surface area contributed by atoms with Crippen molar-refractivity contribution in [3.05, 3.63) is 139 Å². The molecule has 0 fully saturated rings. The van der Waals surface area contributed by atoms with Crippen LogP contribution in [0, 0.1) is 0 Å². The molecule has 4 N–H and O–H groups in total. The van der Waals surface area contributed by atoms with Crippen LogP contribution in [0.4, 0.5) is 0 Å². The molecule has 0 saturated heterocycles. The molecule has 0 aliphatic carbocycles. The lowest BCUT2D eigenvalue weighted by Crippen LogP contribution is -2.01. The van der Waals surface area contributed by atoms with Crippen molar-refractivity contribution in [2.75, 3.05) is 0 Å². The van der Waals surface area contributed by atoms with Gasteiger partial charge in [-0.1, -0.05) is 84.9 Å². The first-order valence-corrected chi connectivity index (χ1v) is 14.4. The van der Waals surface area contributed by atoms with Gasteiger partial charge in [0.2, 0.25) is 0 Å². The number of hydrogen-bond acceptors (Lipinski definition) is 6. The molecule has 4 aromatic carbocycles. The zero-order valence-corrected chi connectivity index (χ0v) is 23.6. The summed E-state index contributed by atoms with van der Waals surface area (Å²) in [4.78, 5) is 19.3. The van der Waals surface area contributed by atoms with Gasteiger partial charge in [0.25, 0.3) is 0 Å². The van der Waals surface area contributed by atoms with Gasteiger partial charge in [-0.15, -0.1) is 0 Å². The standard InChI is InChI=1S/C38H26N6/c39-22-31(40)34-18-14-26-8-12-30(21-36(26)43-34)29-11-7-25-13-16-32(42-35(25)20-29)23-3-5-24(6-4-23)33-17-15-28-10-9-27-2-1-19-41-37(27)38(28)44-33/h1-22H,39-40H2/b31-22-. The van der Waals surface area contributed by atoms with Crippen LogP contribution < -0.4 is 11.5 Å². The summed E-state index contributed by atoms with van der Waals surface area (Å²) in [5, 5.41) is 4.28. The maximum Gasteiger partial charge on any atom is 0.0972 e. The third-order valence-corrected chi connectivity index (χ3v) is 8.10. The van der Waals surface area contributed by atoms with Crippen molar-refractivity contribution < 1.29 is 0 Å². The van der Waals surface area contributed by atoms with Crippen LogP contribution in [0.2, 0.25) is 0 Å². The van der Waals surface area contributed by atoms with E-state index in [4.69, 9.17) is 26.4 Å². The van der Waals surface area contributed by atoms with Gasteiger partial charge in [0.15, 0.2) is 0 Å². The first-order chi connectivity index (χ1) is 21.6. The van der Waals surface area contributed by atoms with Crippen molar-refractivity contribution in [3.63, 3.8) is 0 Å². The number of pyridine rings is 4. The molecule has 0 radical (unpaired) electrons. The van der Waals surface area contributed by atoms with Gasteiger partial charge in [-0.05, 0) is 47.5 Å². The lowest BCUT2D eigenvalue weighted by atomic mass is 10.0. The van der Waals surface area contributed by atoms with Crippen LogP contribution in [0.1, 0.15) is 5.69 Å². The van der Waals surface area contributed by atoms with E-state index in [9.17, 15) is 0 Å². The van der Waals surface area contributed by atoms with E-state index in [-0.39, 0.29) is 0 Å². The van der Waals surface area contributed by atoms with E-state index in [1.807, 2.05) is 24.4 Å². The zero-order chi connectivity index (χ0) is 29.6. The Kier molecular flexibility index (Phi) is 5.98. The molecule has 0 aliphatic heterocycles. The van der Waals surface area contributed by atoms with Crippen molar-refractivity contribution >= 4 is 49.3 Å². The van der Waals surface area contributed by atoms with Crippen LogP contribution in [0.3, 0.4) is 0 Å². The second kappa shape index (κ2) is 10.3. The first-order valence-electron chi connectivity index (χ1n) is 14.4. The Morgan fingerprint density at radius 1 is 0.500 bits per heavy atom. The second-order valence-electron chi connectivity index (χ2n) is 10.8. The highest BCUT2D eigenvalue weighted by atomic mass is 14.8. The highest BCUT2D eigenvalue weighted by Gasteiger charge is 2.09. The number of nitrogens with two attached hydrogens (primary N) is 2. The van der Waals surface area contributed by atoms with Crippen molar-refractivity contribution in [1.82, 2.24) is 19.9 Å². The number of nitrogens with zero attached hydrogens (tertiary/aromatic N) is 4. The van der Waals surface area contributed by atoms with Crippen LogP contribution in [0.25, 0.3) is 83.0 Å². The quantitative estimate of drug-likeness (QED) is 0.209. The Hall–Kier alpha value is -6.14. The van der Waals surface area contributed by atoms with Crippen LogP contribution in [-0.2, 0) is 0 Å². The van der Waals surface area contributed by atoms with Crippen molar-refractivity contribution in [3.8, 4) is 33.6 Å². The fraction of sp³-hybridized carbons (Fsp3) is 0. The number of fused-ring (bicyclic) bond motifs is 5. The molecule has 0 spiro atoms. The smallest absolute Gasteiger partial charge is 0.0972 e. The summed E-state index contributed by atoms with van der Waals surface area (Å²) in [6, 6.07) is 41.5. The average molecular weight is 567 g/mol. The highest BCUT2D eigenvalue weighted by Crippen LogP contribution is 2.30. The van der Waals surface area contributed by atoms with Crippen LogP contribution >= 0.6 is 0 Å². The van der Waals surface area contributed by atoms with E-state index in [0.717, 1.165) is 77.3 Å². The van der Waals surface area contributed by atoms with Crippen LogP contribution in [0.15, 0.2) is 134 Å². The summed E-state index contributed by atoms with van der Waals surface area (Å²) in [6.07, 6.45) is 3.19. The predicted molar refractivity (Wildman–Crippen MR) is 180 cm³/mol. The normalized spacial score (nSPS) is 12.0. The zero-order valence-electron chi connectivity index (χ0n) is 23.6. The fourth-order valence-corrected chi connectivity index (χ4v) is 5.70. The molecule has 0 amide bonds. The lowest BCUT2D eigenvalue weighted by Gasteiger charge is -2.09. The molecule has 0 saturated carbocycles. The minimum atomic E-state index is 0.451. The maximum atomic E-state index is 5.99. The van der Waals surface area contributed by atoms with Gasteiger partial charge in [0.05, 0.1) is 44.8 Å².